The second kappa shape index (κ2) is 4.68. The zero-order valence-corrected chi connectivity index (χ0v) is 11.0. The van der Waals surface area contributed by atoms with Gasteiger partial charge in [0.1, 0.15) is 17.1 Å². The Bertz CT molecular complexity index is 813. The molecule has 3 heterocycles. The fraction of sp³-hybridized carbons (Fsp3) is 0.133. The van der Waals surface area contributed by atoms with E-state index in [2.05, 4.69) is 4.98 Å². The molecule has 2 aromatic heterocycles. The lowest BCUT2D eigenvalue weighted by molar-refractivity contribution is 0.174. The van der Waals surface area contributed by atoms with Crippen LogP contribution in [0.5, 0.6) is 23.1 Å². The third-order valence-electron chi connectivity index (χ3n) is 3.30. The Labute approximate surface area is 120 Å². The lowest BCUT2D eigenvalue weighted by Gasteiger charge is -2.05. The van der Waals surface area contributed by atoms with E-state index in [1.54, 1.807) is 22.6 Å². The standard InChI is InChI=1S/C15H12N2O4/c18-8-11-15(16-14-3-1-2-6-17(11)14)21-10-4-5-12-13(7-10)20-9-19-12/h1-7,18H,8-9H2. The molecule has 0 aliphatic carbocycles. The second-order valence-electron chi connectivity index (χ2n) is 4.57. The van der Waals surface area contributed by atoms with Crippen LogP contribution in [-0.2, 0) is 6.61 Å². The highest BCUT2D eigenvalue weighted by Crippen LogP contribution is 2.37. The molecule has 1 aromatic carbocycles. The Morgan fingerprint density at radius 1 is 1.19 bits per heavy atom. The first-order chi connectivity index (χ1) is 10.3. The molecular formula is C15H12N2O4. The lowest BCUT2D eigenvalue weighted by atomic mass is 10.3. The summed E-state index contributed by atoms with van der Waals surface area (Å²) in [6.07, 6.45) is 1.83. The van der Waals surface area contributed by atoms with E-state index in [4.69, 9.17) is 14.2 Å². The largest absolute Gasteiger partial charge is 0.454 e. The van der Waals surface area contributed by atoms with Crippen molar-refractivity contribution in [3.63, 3.8) is 0 Å². The van der Waals surface area contributed by atoms with Crippen molar-refractivity contribution in [1.29, 1.82) is 0 Å². The van der Waals surface area contributed by atoms with Crippen LogP contribution in [0.1, 0.15) is 5.69 Å². The van der Waals surface area contributed by atoms with E-state index in [0.29, 0.717) is 28.8 Å². The van der Waals surface area contributed by atoms with Gasteiger partial charge in [0.2, 0.25) is 12.7 Å². The van der Waals surface area contributed by atoms with Crippen LogP contribution >= 0.6 is 0 Å². The Balaban J connectivity index is 1.74. The molecular weight excluding hydrogens is 272 g/mol. The van der Waals surface area contributed by atoms with E-state index in [0.717, 1.165) is 5.65 Å². The number of hydrogen-bond donors (Lipinski definition) is 1. The molecule has 0 fully saturated rings. The summed E-state index contributed by atoms with van der Waals surface area (Å²) in [5, 5.41) is 9.55. The van der Waals surface area contributed by atoms with Gasteiger partial charge in [0.05, 0.1) is 6.61 Å². The lowest BCUT2D eigenvalue weighted by Crippen LogP contribution is -1.94. The first kappa shape index (κ1) is 12.0. The van der Waals surface area contributed by atoms with E-state index in [1.165, 1.54) is 0 Å². The van der Waals surface area contributed by atoms with Gasteiger partial charge in [0.25, 0.3) is 0 Å². The monoisotopic (exact) mass is 284 g/mol. The van der Waals surface area contributed by atoms with Gasteiger partial charge in [-0.25, -0.2) is 0 Å². The molecule has 1 N–H and O–H groups in total. The molecule has 0 radical (unpaired) electrons. The number of aliphatic hydroxyl groups excluding tert-OH is 1. The van der Waals surface area contributed by atoms with Gasteiger partial charge < -0.3 is 19.3 Å². The molecule has 0 bridgehead atoms. The van der Waals surface area contributed by atoms with Crippen molar-refractivity contribution in [3.8, 4) is 23.1 Å². The number of benzene rings is 1. The van der Waals surface area contributed by atoms with E-state index in [1.807, 2.05) is 24.4 Å². The highest BCUT2D eigenvalue weighted by Gasteiger charge is 2.17. The van der Waals surface area contributed by atoms with Gasteiger partial charge in [-0.2, -0.15) is 4.98 Å². The molecule has 6 nitrogen and oxygen atoms in total. The van der Waals surface area contributed by atoms with Gasteiger partial charge in [0, 0.05) is 12.3 Å². The minimum Gasteiger partial charge on any atom is -0.454 e. The maximum Gasteiger partial charge on any atom is 0.243 e. The first-order valence-corrected chi connectivity index (χ1v) is 6.49. The van der Waals surface area contributed by atoms with Crippen LogP contribution in [0, 0.1) is 0 Å². The zero-order chi connectivity index (χ0) is 14.2. The van der Waals surface area contributed by atoms with Gasteiger partial charge in [-0.3, -0.25) is 4.40 Å². The van der Waals surface area contributed by atoms with Gasteiger partial charge in [0.15, 0.2) is 11.5 Å². The van der Waals surface area contributed by atoms with Crippen LogP contribution < -0.4 is 14.2 Å². The molecule has 1 aliphatic rings. The van der Waals surface area contributed by atoms with Crippen LogP contribution in [0.3, 0.4) is 0 Å². The van der Waals surface area contributed by atoms with Gasteiger partial charge >= 0.3 is 0 Å². The summed E-state index contributed by atoms with van der Waals surface area (Å²) in [6, 6.07) is 10.9. The summed E-state index contributed by atoms with van der Waals surface area (Å²) < 4.78 is 18.2. The third-order valence-corrected chi connectivity index (χ3v) is 3.30. The maximum atomic E-state index is 9.55. The van der Waals surface area contributed by atoms with Crippen molar-refractivity contribution in [3.05, 3.63) is 48.3 Å². The molecule has 3 aromatic rings. The molecule has 21 heavy (non-hydrogen) atoms. The first-order valence-electron chi connectivity index (χ1n) is 6.49. The highest BCUT2D eigenvalue weighted by molar-refractivity contribution is 5.50. The number of imidazole rings is 1. The molecule has 0 saturated carbocycles. The van der Waals surface area contributed by atoms with Crippen LogP contribution in [0.2, 0.25) is 0 Å². The van der Waals surface area contributed by atoms with E-state index < -0.39 is 0 Å². The normalized spacial score (nSPS) is 12.8. The van der Waals surface area contributed by atoms with Crippen molar-refractivity contribution in [2.75, 3.05) is 6.79 Å². The highest BCUT2D eigenvalue weighted by atomic mass is 16.7. The topological polar surface area (TPSA) is 65.2 Å². The predicted octanol–water partition coefficient (Wildman–Crippen LogP) is 2.35. The fourth-order valence-electron chi connectivity index (χ4n) is 2.30. The fourth-order valence-corrected chi connectivity index (χ4v) is 2.30. The molecule has 0 spiro atoms. The number of aliphatic hydroxyl groups is 1. The minimum atomic E-state index is -0.162. The molecule has 0 amide bonds. The molecule has 0 saturated heterocycles. The maximum absolute atomic E-state index is 9.55. The summed E-state index contributed by atoms with van der Waals surface area (Å²) in [5.74, 6) is 2.29. The summed E-state index contributed by atoms with van der Waals surface area (Å²) in [4.78, 5) is 4.38. The quantitative estimate of drug-likeness (QED) is 0.799. The number of rotatable bonds is 3. The SMILES string of the molecule is OCc1c(Oc2ccc3c(c2)OCO3)nc2ccccn12. The molecule has 0 unspecified atom stereocenters. The third kappa shape index (κ3) is 1.96. The number of aromatic nitrogens is 2. The number of ether oxygens (including phenoxy) is 3. The van der Waals surface area contributed by atoms with Gasteiger partial charge in [-0.1, -0.05) is 6.07 Å². The number of hydrogen-bond acceptors (Lipinski definition) is 5. The van der Waals surface area contributed by atoms with E-state index in [-0.39, 0.29) is 13.4 Å². The number of fused-ring (bicyclic) bond motifs is 2. The Morgan fingerprint density at radius 3 is 3.00 bits per heavy atom. The molecule has 0 atom stereocenters. The van der Waals surface area contributed by atoms with Crippen LogP contribution in [0.25, 0.3) is 5.65 Å². The van der Waals surface area contributed by atoms with Gasteiger partial charge in [-0.15, -0.1) is 0 Å². The molecule has 1 aliphatic heterocycles. The molecule has 4 rings (SSSR count). The van der Waals surface area contributed by atoms with Crippen LogP contribution in [0.4, 0.5) is 0 Å². The number of nitrogens with zero attached hydrogens (tertiary/aromatic N) is 2. The van der Waals surface area contributed by atoms with Crippen molar-refractivity contribution >= 4 is 5.65 Å². The van der Waals surface area contributed by atoms with Crippen LogP contribution in [-0.4, -0.2) is 21.3 Å². The average molecular weight is 284 g/mol. The second-order valence-corrected chi connectivity index (χ2v) is 4.57. The Hall–Kier alpha value is -2.73. The van der Waals surface area contributed by atoms with E-state index in [9.17, 15) is 5.11 Å². The predicted molar refractivity (Wildman–Crippen MR) is 73.8 cm³/mol. The summed E-state index contributed by atoms with van der Waals surface area (Å²) >= 11 is 0. The van der Waals surface area contributed by atoms with Crippen molar-refractivity contribution in [1.82, 2.24) is 9.38 Å². The average Bonchev–Trinajstić information content (AvgIpc) is 3.10. The van der Waals surface area contributed by atoms with Crippen molar-refractivity contribution in [2.24, 2.45) is 0 Å². The summed E-state index contributed by atoms with van der Waals surface area (Å²) in [6.45, 7) is 0.0557. The van der Waals surface area contributed by atoms with E-state index >= 15 is 0 Å². The van der Waals surface area contributed by atoms with Crippen molar-refractivity contribution in [2.45, 2.75) is 6.61 Å². The number of pyridine rings is 1. The van der Waals surface area contributed by atoms with Crippen LogP contribution in [0.15, 0.2) is 42.6 Å². The molecule has 106 valence electrons. The Kier molecular flexibility index (Phi) is 2.68. The summed E-state index contributed by atoms with van der Waals surface area (Å²) in [5.41, 5.74) is 1.32. The van der Waals surface area contributed by atoms with Gasteiger partial charge in [-0.05, 0) is 24.3 Å². The zero-order valence-electron chi connectivity index (χ0n) is 11.0. The minimum absolute atomic E-state index is 0.162. The van der Waals surface area contributed by atoms with Crippen molar-refractivity contribution < 1.29 is 19.3 Å². The smallest absolute Gasteiger partial charge is 0.243 e. The summed E-state index contributed by atoms with van der Waals surface area (Å²) in [7, 11) is 0. The molecule has 6 heteroatoms. The Morgan fingerprint density at radius 2 is 2.10 bits per heavy atom.